The smallest absolute Gasteiger partial charge is 0.305 e. The van der Waals surface area contributed by atoms with Crippen molar-refractivity contribution in [2.45, 2.75) is 57.5 Å². The van der Waals surface area contributed by atoms with E-state index in [4.69, 9.17) is 4.74 Å². The molecule has 3 aliphatic rings. The molecule has 1 N–H and O–H groups in total. The molecule has 0 aromatic heterocycles. The zero-order valence-corrected chi connectivity index (χ0v) is 23.7. The van der Waals surface area contributed by atoms with Crippen LogP contribution >= 0.6 is 31.9 Å². The standard InChI is InChI=1S/C29H26Br2FNO5/c30-17-13-18(29(19(31)14-17)38-15-16-5-1-2-6-20(16)32)26-27-21(7-3-9-23(27)34)33(12-11-25(36)37)22-8-4-10-24(35)28(22)26/h1-2,5-6,13-14,26H,3-4,7-12,15H2,(H,36,37). The van der Waals surface area contributed by atoms with Crippen LogP contribution in [0.1, 0.15) is 62.0 Å². The molecule has 2 aromatic rings. The van der Waals surface area contributed by atoms with Crippen LogP contribution in [0.4, 0.5) is 4.39 Å². The molecule has 1 aliphatic heterocycles. The van der Waals surface area contributed by atoms with E-state index < -0.39 is 11.9 Å². The highest BCUT2D eigenvalue weighted by atomic mass is 79.9. The molecular weight excluding hydrogens is 621 g/mol. The molecule has 6 nitrogen and oxygen atoms in total. The van der Waals surface area contributed by atoms with E-state index in [1.165, 1.54) is 6.07 Å². The molecule has 198 valence electrons. The van der Waals surface area contributed by atoms with Crippen molar-refractivity contribution in [3.05, 3.63) is 84.8 Å². The van der Waals surface area contributed by atoms with Gasteiger partial charge in [0.05, 0.1) is 10.9 Å². The Morgan fingerprint density at radius 1 is 1.00 bits per heavy atom. The largest absolute Gasteiger partial charge is 0.487 e. The van der Waals surface area contributed by atoms with Gasteiger partial charge >= 0.3 is 5.97 Å². The van der Waals surface area contributed by atoms with E-state index in [9.17, 15) is 23.9 Å². The van der Waals surface area contributed by atoms with Gasteiger partial charge in [0, 0.05) is 63.4 Å². The van der Waals surface area contributed by atoms with E-state index in [-0.39, 0.29) is 37.0 Å². The number of aliphatic carboxylic acids is 1. The topological polar surface area (TPSA) is 83.9 Å². The molecule has 5 rings (SSSR count). The van der Waals surface area contributed by atoms with Crippen molar-refractivity contribution in [3.63, 3.8) is 0 Å². The molecule has 0 bridgehead atoms. The highest BCUT2D eigenvalue weighted by Crippen LogP contribution is 2.52. The number of benzene rings is 2. The summed E-state index contributed by atoms with van der Waals surface area (Å²) in [6, 6.07) is 10.1. The van der Waals surface area contributed by atoms with E-state index in [1.807, 2.05) is 17.0 Å². The summed E-state index contributed by atoms with van der Waals surface area (Å²) in [5.41, 5.74) is 3.71. The molecular formula is C29H26Br2FNO5. The number of hydrogen-bond donors (Lipinski definition) is 1. The van der Waals surface area contributed by atoms with E-state index in [1.54, 1.807) is 18.2 Å². The van der Waals surface area contributed by atoms with Gasteiger partial charge in [-0.3, -0.25) is 14.4 Å². The van der Waals surface area contributed by atoms with Crippen molar-refractivity contribution < 1.29 is 28.6 Å². The highest BCUT2D eigenvalue weighted by Gasteiger charge is 2.44. The number of allylic oxidation sites excluding steroid dienone is 4. The van der Waals surface area contributed by atoms with Gasteiger partial charge in [-0.15, -0.1) is 0 Å². The molecule has 2 aliphatic carbocycles. The van der Waals surface area contributed by atoms with Crippen LogP contribution in [0.15, 0.2) is 67.9 Å². The number of ketones is 2. The van der Waals surface area contributed by atoms with Crippen LogP contribution in [0.5, 0.6) is 5.75 Å². The van der Waals surface area contributed by atoms with Crippen molar-refractivity contribution in [1.29, 1.82) is 0 Å². The number of carboxylic acids is 1. The van der Waals surface area contributed by atoms with Gasteiger partial charge in [-0.05, 0) is 59.8 Å². The Hall–Kier alpha value is -2.78. The molecule has 0 radical (unpaired) electrons. The first-order chi connectivity index (χ1) is 18.3. The highest BCUT2D eigenvalue weighted by molar-refractivity contribution is 9.11. The van der Waals surface area contributed by atoms with Crippen LogP contribution < -0.4 is 4.74 Å². The second-order valence-corrected chi connectivity index (χ2v) is 11.5. The lowest BCUT2D eigenvalue weighted by molar-refractivity contribution is -0.137. The molecule has 38 heavy (non-hydrogen) atoms. The molecule has 1 heterocycles. The van der Waals surface area contributed by atoms with Crippen LogP contribution in [0.2, 0.25) is 0 Å². The monoisotopic (exact) mass is 645 g/mol. The Morgan fingerprint density at radius 3 is 2.24 bits per heavy atom. The van der Waals surface area contributed by atoms with E-state index in [0.29, 0.717) is 71.0 Å². The second-order valence-electron chi connectivity index (χ2n) is 9.69. The number of Topliss-reactive ketones (excluding diaryl/α,β-unsaturated/α-hetero) is 2. The average molecular weight is 647 g/mol. The maximum atomic E-state index is 14.4. The van der Waals surface area contributed by atoms with Crippen molar-refractivity contribution in [2.75, 3.05) is 6.54 Å². The number of rotatable bonds is 7. The van der Waals surface area contributed by atoms with E-state index >= 15 is 0 Å². The predicted octanol–water partition coefficient (Wildman–Crippen LogP) is 6.82. The Morgan fingerprint density at radius 2 is 1.63 bits per heavy atom. The summed E-state index contributed by atoms with van der Waals surface area (Å²) in [5, 5.41) is 9.39. The average Bonchev–Trinajstić information content (AvgIpc) is 2.87. The Labute approximate surface area is 236 Å². The van der Waals surface area contributed by atoms with Gasteiger partial charge in [0.15, 0.2) is 11.6 Å². The molecule has 0 unspecified atom stereocenters. The fraction of sp³-hybridized carbons (Fsp3) is 0.345. The summed E-state index contributed by atoms with van der Waals surface area (Å²) in [6.07, 6.45) is 3.22. The van der Waals surface area contributed by atoms with Crippen LogP contribution in [0, 0.1) is 5.82 Å². The number of nitrogens with zero attached hydrogens (tertiary/aromatic N) is 1. The Balaban J connectivity index is 1.68. The zero-order valence-electron chi connectivity index (χ0n) is 20.6. The zero-order chi connectivity index (χ0) is 27.0. The SMILES string of the molecule is O=C(O)CCN1C2=C(C(=O)CCC2)C(c2cc(Br)cc(Br)c2OCc2ccccc2F)C2=C1CCCC2=O. The normalized spacial score (nSPS) is 18.0. The molecule has 0 atom stereocenters. The third-order valence-electron chi connectivity index (χ3n) is 7.31. The summed E-state index contributed by atoms with van der Waals surface area (Å²) in [4.78, 5) is 40.5. The fourth-order valence-corrected chi connectivity index (χ4v) is 7.09. The summed E-state index contributed by atoms with van der Waals surface area (Å²) in [7, 11) is 0. The molecule has 9 heteroatoms. The Kier molecular flexibility index (Phi) is 7.86. The second kappa shape index (κ2) is 11.1. The van der Waals surface area contributed by atoms with Crippen LogP contribution in [0.25, 0.3) is 0 Å². The predicted molar refractivity (Wildman–Crippen MR) is 146 cm³/mol. The summed E-state index contributed by atoms with van der Waals surface area (Å²) < 4.78 is 21.9. The molecule has 0 saturated heterocycles. The molecule has 0 spiro atoms. The van der Waals surface area contributed by atoms with E-state index in [2.05, 4.69) is 31.9 Å². The fourth-order valence-electron chi connectivity index (χ4n) is 5.72. The maximum Gasteiger partial charge on any atom is 0.305 e. The lowest BCUT2D eigenvalue weighted by Gasteiger charge is -2.44. The number of carbonyl (C=O) groups is 3. The van der Waals surface area contributed by atoms with Gasteiger partial charge in [-0.2, -0.15) is 0 Å². The van der Waals surface area contributed by atoms with Crippen molar-refractivity contribution in [2.24, 2.45) is 0 Å². The van der Waals surface area contributed by atoms with E-state index in [0.717, 1.165) is 15.9 Å². The van der Waals surface area contributed by atoms with Gasteiger partial charge < -0.3 is 14.7 Å². The first kappa shape index (κ1) is 26.8. The van der Waals surface area contributed by atoms with Gasteiger partial charge in [0.1, 0.15) is 18.2 Å². The van der Waals surface area contributed by atoms with Gasteiger partial charge in [0.25, 0.3) is 0 Å². The minimum absolute atomic E-state index is 0.0307. The van der Waals surface area contributed by atoms with Crippen LogP contribution in [0.3, 0.4) is 0 Å². The number of ether oxygens (including phenoxy) is 1. The number of halogens is 3. The van der Waals surface area contributed by atoms with Crippen molar-refractivity contribution in [1.82, 2.24) is 4.90 Å². The third kappa shape index (κ3) is 5.10. The van der Waals surface area contributed by atoms with Gasteiger partial charge in [-0.25, -0.2) is 4.39 Å². The molecule has 0 fully saturated rings. The van der Waals surface area contributed by atoms with Crippen LogP contribution in [-0.4, -0.2) is 34.1 Å². The quantitative estimate of drug-likeness (QED) is 0.356. The third-order valence-corrected chi connectivity index (χ3v) is 8.36. The van der Waals surface area contributed by atoms with Gasteiger partial charge in [0.2, 0.25) is 0 Å². The lowest BCUT2D eigenvalue weighted by atomic mass is 9.70. The minimum Gasteiger partial charge on any atom is -0.487 e. The number of hydrogen-bond acceptors (Lipinski definition) is 5. The summed E-state index contributed by atoms with van der Waals surface area (Å²) >= 11 is 7.15. The summed E-state index contributed by atoms with van der Waals surface area (Å²) in [5.74, 6) is -1.60. The maximum absolute atomic E-state index is 14.4. The molecule has 2 aromatic carbocycles. The molecule has 0 saturated carbocycles. The number of carbonyl (C=O) groups excluding carboxylic acids is 2. The first-order valence-electron chi connectivity index (χ1n) is 12.6. The van der Waals surface area contributed by atoms with Crippen molar-refractivity contribution >= 4 is 49.4 Å². The first-order valence-corrected chi connectivity index (χ1v) is 14.2. The van der Waals surface area contributed by atoms with Crippen molar-refractivity contribution in [3.8, 4) is 5.75 Å². The van der Waals surface area contributed by atoms with Crippen LogP contribution in [-0.2, 0) is 21.0 Å². The van der Waals surface area contributed by atoms with Gasteiger partial charge in [-0.1, -0.05) is 34.1 Å². The molecule has 0 amide bonds. The summed E-state index contributed by atoms with van der Waals surface area (Å²) in [6.45, 7) is 0.177. The minimum atomic E-state index is -0.930. The Bertz CT molecular complexity index is 1360. The lowest BCUT2D eigenvalue weighted by Crippen LogP contribution is -2.40. The number of carboxylic acid groups (broad SMARTS) is 1.